The third kappa shape index (κ3) is 0.642. The second-order valence-electron chi connectivity index (χ2n) is 1.52. The molecular formula is C3HN7. The predicted octanol–water partition coefficient (Wildman–Crippen LogP) is -1.40. The first-order valence-electron chi connectivity index (χ1n) is 2.47. The van der Waals surface area contributed by atoms with Crippen molar-refractivity contribution in [2.24, 2.45) is 0 Å². The highest BCUT2D eigenvalue weighted by atomic mass is 15.4. The summed E-state index contributed by atoms with van der Waals surface area (Å²) in [6.45, 7) is 0. The highest BCUT2D eigenvalue weighted by molar-refractivity contribution is 5.64. The average Bonchev–Trinajstić information content (AvgIpc) is 2.05. The smallest absolute Gasteiger partial charge is 0.136 e. The van der Waals surface area contributed by atoms with Crippen molar-refractivity contribution in [1.82, 2.24) is 36.0 Å². The summed E-state index contributed by atoms with van der Waals surface area (Å²) in [5.41, 5.74) is 0.843. The summed E-state index contributed by atoms with van der Waals surface area (Å²) in [7, 11) is 0. The molecule has 0 atom stereocenters. The molecule has 7 nitrogen and oxygen atoms in total. The molecule has 0 aromatic carbocycles. The van der Waals surface area contributed by atoms with E-state index < -0.39 is 0 Å². The van der Waals surface area contributed by atoms with Crippen molar-refractivity contribution in [1.29, 1.82) is 0 Å². The number of hydrogen-bond acceptors (Lipinski definition) is 7. The summed E-state index contributed by atoms with van der Waals surface area (Å²) in [5.74, 6) is 0. The van der Waals surface area contributed by atoms with Crippen LogP contribution in [0.25, 0.3) is 11.2 Å². The molecular weight excluding hydrogens is 134 g/mol. The van der Waals surface area contributed by atoms with Gasteiger partial charge in [-0.1, -0.05) is 0 Å². The van der Waals surface area contributed by atoms with Crippen molar-refractivity contribution in [3.63, 3.8) is 0 Å². The maximum Gasteiger partial charge on any atom is 0.229 e. The number of fused-ring (bicyclic) bond motifs is 1. The first kappa shape index (κ1) is 5.03. The third-order valence-electron chi connectivity index (χ3n) is 0.932. The number of hydrogen-bond donors (Lipinski definition) is 0. The van der Waals surface area contributed by atoms with Gasteiger partial charge in [0.2, 0.25) is 5.65 Å². The summed E-state index contributed by atoms with van der Waals surface area (Å²) in [6, 6.07) is 0. The van der Waals surface area contributed by atoms with Gasteiger partial charge in [-0.15, -0.1) is 20.4 Å². The molecule has 2 heterocycles. The molecule has 0 fully saturated rings. The van der Waals surface area contributed by atoms with Gasteiger partial charge in [0.1, 0.15) is 0 Å². The molecule has 2 aromatic rings. The van der Waals surface area contributed by atoms with Crippen molar-refractivity contribution < 1.29 is 0 Å². The molecule has 0 spiro atoms. The van der Waals surface area contributed by atoms with E-state index in [1.165, 1.54) is 6.20 Å². The van der Waals surface area contributed by atoms with Crippen LogP contribution in [0.1, 0.15) is 0 Å². The Labute approximate surface area is 54.5 Å². The van der Waals surface area contributed by atoms with Crippen LogP contribution in [0, 0.1) is 0 Å². The molecule has 0 amide bonds. The van der Waals surface area contributed by atoms with Gasteiger partial charge < -0.3 is 0 Å². The average molecular weight is 135 g/mol. The van der Waals surface area contributed by atoms with Crippen LogP contribution in [0.2, 0.25) is 0 Å². The van der Waals surface area contributed by atoms with Crippen LogP contribution < -0.4 is 0 Å². The second kappa shape index (κ2) is 1.87. The molecule has 7 heteroatoms. The Hall–Kier alpha value is -1.79. The molecule has 0 aliphatic carbocycles. The van der Waals surface area contributed by atoms with Gasteiger partial charge in [0.25, 0.3) is 0 Å². The van der Waals surface area contributed by atoms with Crippen LogP contribution in [0.4, 0.5) is 0 Å². The Kier molecular flexibility index (Phi) is 0.938. The fourth-order valence-corrected chi connectivity index (χ4v) is 0.530. The summed E-state index contributed by atoms with van der Waals surface area (Å²) < 4.78 is 0. The van der Waals surface area contributed by atoms with E-state index in [9.17, 15) is 0 Å². The lowest BCUT2D eigenvalue weighted by atomic mass is 10.6. The van der Waals surface area contributed by atoms with Crippen LogP contribution >= 0.6 is 0 Å². The Balaban J connectivity index is 2.89. The summed E-state index contributed by atoms with van der Waals surface area (Å²) in [6.07, 6.45) is 1.42. The molecule has 0 N–H and O–H groups in total. The van der Waals surface area contributed by atoms with E-state index in [-0.39, 0.29) is 0 Å². The monoisotopic (exact) mass is 135 g/mol. The molecule has 0 unspecified atom stereocenters. The number of nitrogens with zero attached hydrogens (tertiary/aromatic N) is 7. The SMILES string of the molecule is c1nnnc2nnnnc12. The van der Waals surface area contributed by atoms with Gasteiger partial charge in [0, 0.05) is 0 Å². The molecule has 0 saturated heterocycles. The minimum Gasteiger partial charge on any atom is -0.136 e. The Bertz CT molecular complexity index is 280. The molecule has 0 bridgehead atoms. The molecule has 2 aromatic heterocycles. The van der Waals surface area contributed by atoms with Gasteiger partial charge in [-0.05, 0) is 15.6 Å². The predicted molar refractivity (Wildman–Crippen MR) is 28.5 cm³/mol. The molecule has 0 saturated carbocycles. The highest BCUT2D eigenvalue weighted by Gasteiger charge is 1.95. The minimum atomic E-state index is 0.352. The van der Waals surface area contributed by atoms with Gasteiger partial charge in [-0.2, -0.15) is 0 Å². The van der Waals surface area contributed by atoms with E-state index in [2.05, 4.69) is 36.0 Å². The lowest BCUT2D eigenvalue weighted by Crippen LogP contribution is -1.96. The standard InChI is InChI=1S/C3HN7/c1-2-3(6-8-4-1)7-10-9-5-2/h1H. The normalized spacial score (nSPS) is 10.0. The highest BCUT2D eigenvalue weighted by Crippen LogP contribution is 1.93. The first-order valence-corrected chi connectivity index (χ1v) is 2.47. The lowest BCUT2D eigenvalue weighted by Gasteiger charge is -1.84. The summed E-state index contributed by atoms with van der Waals surface area (Å²) >= 11 is 0. The van der Waals surface area contributed by atoms with Crippen molar-refractivity contribution in [3.8, 4) is 0 Å². The van der Waals surface area contributed by atoms with E-state index >= 15 is 0 Å². The molecule has 0 radical (unpaired) electrons. The largest absolute Gasteiger partial charge is 0.229 e. The Morgan fingerprint density at radius 3 is 2.60 bits per heavy atom. The van der Waals surface area contributed by atoms with E-state index in [1.54, 1.807) is 0 Å². The van der Waals surface area contributed by atoms with Gasteiger partial charge in [0.15, 0.2) is 5.52 Å². The van der Waals surface area contributed by atoms with Crippen LogP contribution in [0.5, 0.6) is 0 Å². The maximum atomic E-state index is 3.59. The van der Waals surface area contributed by atoms with Gasteiger partial charge >= 0.3 is 0 Å². The van der Waals surface area contributed by atoms with E-state index in [4.69, 9.17) is 0 Å². The molecule has 0 aliphatic heterocycles. The van der Waals surface area contributed by atoms with Crippen molar-refractivity contribution in [2.45, 2.75) is 0 Å². The lowest BCUT2D eigenvalue weighted by molar-refractivity contribution is 0.766. The van der Waals surface area contributed by atoms with E-state index in [0.717, 1.165) is 0 Å². The zero-order valence-electron chi connectivity index (χ0n) is 4.71. The molecule has 10 heavy (non-hydrogen) atoms. The topological polar surface area (TPSA) is 90.2 Å². The minimum absolute atomic E-state index is 0.352. The zero-order chi connectivity index (χ0) is 6.81. The Morgan fingerprint density at radius 1 is 0.900 bits per heavy atom. The molecule has 2 rings (SSSR count). The number of rotatable bonds is 0. The third-order valence-corrected chi connectivity index (χ3v) is 0.932. The first-order chi connectivity index (χ1) is 4.97. The van der Waals surface area contributed by atoms with Crippen LogP contribution in [-0.2, 0) is 0 Å². The van der Waals surface area contributed by atoms with E-state index in [0.29, 0.717) is 11.2 Å². The van der Waals surface area contributed by atoms with Gasteiger partial charge in [0.05, 0.1) is 6.20 Å². The summed E-state index contributed by atoms with van der Waals surface area (Å²) in [5, 5.41) is 24.1. The second-order valence-corrected chi connectivity index (χ2v) is 1.52. The molecule has 0 aliphatic rings. The van der Waals surface area contributed by atoms with Crippen molar-refractivity contribution >= 4 is 11.2 Å². The fourth-order valence-electron chi connectivity index (χ4n) is 0.530. The van der Waals surface area contributed by atoms with Crippen LogP contribution in [0.15, 0.2) is 6.20 Å². The van der Waals surface area contributed by atoms with Gasteiger partial charge in [-0.25, -0.2) is 0 Å². The Morgan fingerprint density at radius 2 is 1.70 bits per heavy atom. The van der Waals surface area contributed by atoms with Crippen molar-refractivity contribution in [2.75, 3.05) is 0 Å². The van der Waals surface area contributed by atoms with Crippen LogP contribution in [0.3, 0.4) is 0 Å². The summed E-state index contributed by atoms with van der Waals surface area (Å²) in [4.78, 5) is 0. The van der Waals surface area contributed by atoms with Crippen LogP contribution in [-0.4, -0.2) is 36.0 Å². The zero-order valence-corrected chi connectivity index (χ0v) is 4.71. The van der Waals surface area contributed by atoms with E-state index in [1.807, 2.05) is 0 Å². The van der Waals surface area contributed by atoms with Crippen molar-refractivity contribution in [3.05, 3.63) is 6.20 Å². The quantitative estimate of drug-likeness (QED) is 0.439. The number of aromatic nitrogens is 7. The maximum absolute atomic E-state index is 3.59. The molecule has 48 valence electrons. The fraction of sp³-hybridized carbons (Fsp3) is 0. The van der Waals surface area contributed by atoms with Gasteiger partial charge in [-0.3, -0.25) is 0 Å².